The average Bonchev–Trinajstić information content (AvgIpc) is 3.27. The molecule has 2 heterocycles. The first-order valence-electron chi connectivity index (χ1n) is 11.6. The third-order valence-electron chi connectivity index (χ3n) is 6.62. The van der Waals surface area contributed by atoms with Gasteiger partial charge in [-0.3, -0.25) is 0 Å². The van der Waals surface area contributed by atoms with Crippen molar-refractivity contribution in [2.24, 2.45) is 0 Å². The quantitative estimate of drug-likeness (QED) is 0.352. The SMILES string of the molecule is Cc1cccc2c1-c1nccn1B(c1c(C(C)C)cccc1C(C)C)N2c1ccccc1. The Bertz CT molecular complexity index is 1230. The summed E-state index contributed by atoms with van der Waals surface area (Å²) in [5.74, 6) is 1.89. The zero-order valence-corrected chi connectivity index (χ0v) is 19.6. The second-order valence-corrected chi connectivity index (χ2v) is 9.37. The molecular weight excluding hydrogens is 389 g/mol. The van der Waals surface area contributed by atoms with Gasteiger partial charge in [0.15, 0.2) is 0 Å². The van der Waals surface area contributed by atoms with Crippen LogP contribution in [0.15, 0.2) is 79.1 Å². The molecule has 3 nitrogen and oxygen atoms in total. The maximum absolute atomic E-state index is 4.85. The van der Waals surface area contributed by atoms with Crippen molar-refractivity contribution in [3.05, 3.63) is 95.8 Å². The topological polar surface area (TPSA) is 21.1 Å². The van der Waals surface area contributed by atoms with Crippen LogP contribution in [-0.4, -0.2) is 16.4 Å². The molecule has 0 amide bonds. The highest BCUT2D eigenvalue weighted by Gasteiger charge is 2.41. The lowest BCUT2D eigenvalue weighted by molar-refractivity contribution is 0.842. The Morgan fingerprint density at radius 2 is 1.44 bits per heavy atom. The van der Waals surface area contributed by atoms with Crippen molar-refractivity contribution in [2.45, 2.75) is 46.5 Å². The summed E-state index contributed by atoms with van der Waals surface area (Å²) in [4.78, 5) is 7.35. The van der Waals surface area contributed by atoms with Gasteiger partial charge >= 0.3 is 6.98 Å². The molecule has 1 aliphatic heterocycles. The van der Waals surface area contributed by atoms with Crippen LogP contribution >= 0.6 is 0 Å². The number of nitrogens with zero attached hydrogens (tertiary/aromatic N) is 3. The van der Waals surface area contributed by atoms with Crippen molar-refractivity contribution >= 4 is 23.8 Å². The molecule has 0 N–H and O–H groups in total. The predicted molar refractivity (Wildman–Crippen MR) is 136 cm³/mol. The molecule has 4 aromatic rings. The minimum atomic E-state index is 0.000185. The molecular formula is C28H30BN3. The van der Waals surface area contributed by atoms with E-state index in [-0.39, 0.29) is 6.98 Å². The lowest BCUT2D eigenvalue weighted by atomic mass is 9.57. The first kappa shape index (κ1) is 20.6. The third-order valence-corrected chi connectivity index (χ3v) is 6.62. The summed E-state index contributed by atoms with van der Waals surface area (Å²) in [7, 11) is 0. The van der Waals surface area contributed by atoms with Gasteiger partial charge in [0.1, 0.15) is 5.82 Å². The maximum Gasteiger partial charge on any atom is 0.422 e. The highest BCUT2D eigenvalue weighted by molar-refractivity contribution is 6.78. The van der Waals surface area contributed by atoms with Gasteiger partial charge in [-0.1, -0.05) is 76.2 Å². The Morgan fingerprint density at radius 3 is 2.09 bits per heavy atom. The standard InChI is InChI=1S/C28H30BN3/c1-19(2)23-14-10-15-24(20(3)4)27(23)29-31-18-17-30-28(31)26-21(5)11-9-16-25(26)32(29)22-12-7-6-8-13-22/h6-20H,1-5H3. The second kappa shape index (κ2) is 8.01. The van der Waals surface area contributed by atoms with Crippen LogP contribution in [0.5, 0.6) is 0 Å². The van der Waals surface area contributed by atoms with E-state index in [2.05, 4.69) is 117 Å². The molecule has 1 aromatic heterocycles. The number of anilines is 2. The van der Waals surface area contributed by atoms with Crippen LogP contribution in [0.2, 0.25) is 0 Å². The number of rotatable bonds is 4. The van der Waals surface area contributed by atoms with E-state index in [0.717, 1.165) is 5.82 Å². The first-order chi connectivity index (χ1) is 15.5. The molecule has 0 aliphatic carbocycles. The smallest absolute Gasteiger partial charge is 0.361 e. The monoisotopic (exact) mass is 419 g/mol. The van der Waals surface area contributed by atoms with Crippen LogP contribution in [0.1, 0.15) is 56.2 Å². The van der Waals surface area contributed by atoms with Crippen molar-refractivity contribution < 1.29 is 0 Å². The largest absolute Gasteiger partial charge is 0.422 e. The zero-order chi connectivity index (χ0) is 22.4. The molecule has 0 bridgehead atoms. The van der Waals surface area contributed by atoms with Crippen LogP contribution < -0.4 is 10.3 Å². The molecule has 0 spiro atoms. The van der Waals surface area contributed by atoms with Gasteiger partial charge in [-0.05, 0) is 59.1 Å². The zero-order valence-electron chi connectivity index (χ0n) is 19.6. The van der Waals surface area contributed by atoms with Gasteiger partial charge < -0.3 is 9.29 Å². The summed E-state index contributed by atoms with van der Waals surface area (Å²) < 4.78 is 2.37. The molecule has 32 heavy (non-hydrogen) atoms. The van der Waals surface area contributed by atoms with E-state index < -0.39 is 0 Å². The molecule has 0 saturated heterocycles. The molecule has 0 saturated carbocycles. The van der Waals surface area contributed by atoms with Gasteiger partial charge in [-0.2, -0.15) is 0 Å². The van der Waals surface area contributed by atoms with Gasteiger partial charge in [0.2, 0.25) is 0 Å². The minimum Gasteiger partial charge on any atom is -0.361 e. The number of fused-ring (bicyclic) bond motifs is 3. The summed E-state index contributed by atoms with van der Waals surface area (Å²) in [5, 5.41) is 0. The number of aromatic nitrogens is 2. The van der Waals surface area contributed by atoms with Crippen LogP contribution in [0, 0.1) is 6.92 Å². The lowest BCUT2D eigenvalue weighted by Crippen LogP contribution is -2.56. The number of hydrogen-bond acceptors (Lipinski definition) is 2. The van der Waals surface area contributed by atoms with Crippen molar-refractivity contribution in [2.75, 3.05) is 4.81 Å². The van der Waals surface area contributed by atoms with Gasteiger partial charge in [0.25, 0.3) is 0 Å². The normalized spacial score (nSPS) is 13.0. The van der Waals surface area contributed by atoms with E-state index >= 15 is 0 Å². The Hall–Kier alpha value is -3.27. The molecule has 4 heteroatoms. The van der Waals surface area contributed by atoms with Crippen molar-refractivity contribution in [1.29, 1.82) is 0 Å². The highest BCUT2D eigenvalue weighted by Crippen LogP contribution is 2.42. The summed E-state index contributed by atoms with van der Waals surface area (Å²) in [6.45, 7) is 11.4. The van der Waals surface area contributed by atoms with E-state index in [0.29, 0.717) is 11.8 Å². The van der Waals surface area contributed by atoms with E-state index in [1.807, 2.05) is 6.20 Å². The van der Waals surface area contributed by atoms with Crippen molar-refractivity contribution in [1.82, 2.24) is 9.46 Å². The number of aryl methyl sites for hydroxylation is 1. The minimum absolute atomic E-state index is 0.000185. The number of imidazole rings is 1. The Morgan fingerprint density at radius 1 is 0.781 bits per heavy atom. The second-order valence-electron chi connectivity index (χ2n) is 9.37. The van der Waals surface area contributed by atoms with E-state index in [9.17, 15) is 0 Å². The van der Waals surface area contributed by atoms with E-state index in [1.165, 1.54) is 39.1 Å². The Kier molecular flexibility index (Phi) is 5.17. The fraction of sp³-hybridized carbons (Fsp3) is 0.250. The van der Waals surface area contributed by atoms with Gasteiger partial charge in [0.05, 0.1) is 0 Å². The molecule has 0 fully saturated rings. The predicted octanol–water partition coefficient (Wildman–Crippen LogP) is 6.50. The summed E-state index contributed by atoms with van der Waals surface area (Å²) in [5.41, 5.74) is 9.06. The van der Waals surface area contributed by atoms with E-state index in [4.69, 9.17) is 4.98 Å². The number of para-hydroxylation sites is 1. The molecule has 3 aromatic carbocycles. The van der Waals surface area contributed by atoms with Crippen LogP contribution in [-0.2, 0) is 0 Å². The van der Waals surface area contributed by atoms with Crippen molar-refractivity contribution in [3.8, 4) is 11.4 Å². The number of benzene rings is 3. The van der Waals surface area contributed by atoms with Gasteiger partial charge in [-0.25, -0.2) is 4.98 Å². The summed E-state index contributed by atoms with van der Waals surface area (Å²) >= 11 is 0. The molecule has 0 radical (unpaired) electrons. The average molecular weight is 419 g/mol. The molecule has 1 aliphatic rings. The Labute approximate surface area is 191 Å². The van der Waals surface area contributed by atoms with Crippen LogP contribution in [0.25, 0.3) is 11.4 Å². The van der Waals surface area contributed by atoms with Gasteiger partial charge in [0, 0.05) is 29.3 Å². The molecule has 0 unspecified atom stereocenters. The maximum atomic E-state index is 4.85. The summed E-state index contributed by atoms with van der Waals surface area (Å²) in [6.07, 6.45) is 4.09. The van der Waals surface area contributed by atoms with Gasteiger partial charge in [-0.15, -0.1) is 0 Å². The molecule has 0 atom stereocenters. The van der Waals surface area contributed by atoms with E-state index in [1.54, 1.807) is 0 Å². The molecule has 5 rings (SSSR count). The fourth-order valence-corrected chi connectivity index (χ4v) is 5.15. The van der Waals surface area contributed by atoms with Crippen LogP contribution in [0.4, 0.5) is 11.4 Å². The lowest BCUT2D eigenvalue weighted by Gasteiger charge is -2.40. The number of hydrogen-bond donors (Lipinski definition) is 0. The third kappa shape index (κ3) is 3.17. The fourth-order valence-electron chi connectivity index (χ4n) is 5.15. The molecule has 160 valence electrons. The highest BCUT2D eigenvalue weighted by atomic mass is 15.2. The Balaban J connectivity index is 1.89. The first-order valence-corrected chi connectivity index (χ1v) is 11.6. The van der Waals surface area contributed by atoms with Crippen molar-refractivity contribution in [3.63, 3.8) is 0 Å². The van der Waals surface area contributed by atoms with Crippen LogP contribution in [0.3, 0.4) is 0 Å². The summed E-state index contributed by atoms with van der Waals surface area (Å²) in [6, 6.07) is 24.2.